The molecule has 0 radical (unpaired) electrons. The van der Waals surface area contributed by atoms with Crippen LogP contribution in [0.25, 0.3) is 0 Å². The molecule has 1 aromatic heterocycles. The van der Waals surface area contributed by atoms with Gasteiger partial charge < -0.3 is 9.84 Å². The van der Waals surface area contributed by atoms with Gasteiger partial charge in [0.25, 0.3) is 10.0 Å². The molecule has 18 heavy (non-hydrogen) atoms. The highest BCUT2D eigenvalue weighted by Crippen LogP contribution is 2.35. The maximum absolute atomic E-state index is 12.2. The van der Waals surface area contributed by atoms with Crippen molar-refractivity contribution in [1.82, 2.24) is 14.9 Å². The third kappa shape index (κ3) is 1.95. The number of ether oxygens (including phenoxy) is 1. The lowest BCUT2D eigenvalue weighted by Gasteiger charge is -2.19. The molecule has 2 fully saturated rings. The van der Waals surface area contributed by atoms with Crippen LogP contribution in [0.2, 0.25) is 0 Å². The molecule has 1 aromatic rings. The minimum atomic E-state index is -3.67. The normalized spacial score (nSPS) is 31.1. The number of hydrogen-bond donors (Lipinski definition) is 3. The van der Waals surface area contributed by atoms with Crippen LogP contribution in [-0.2, 0) is 21.4 Å². The highest BCUT2D eigenvalue weighted by Gasteiger charge is 2.43. The van der Waals surface area contributed by atoms with Gasteiger partial charge >= 0.3 is 0 Å². The van der Waals surface area contributed by atoms with Crippen LogP contribution in [0.5, 0.6) is 0 Å². The van der Waals surface area contributed by atoms with E-state index in [0.29, 0.717) is 6.42 Å². The topological polar surface area (TPSA) is 104 Å². The summed E-state index contributed by atoms with van der Waals surface area (Å²) >= 11 is 0. The van der Waals surface area contributed by atoms with Crippen LogP contribution in [0.1, 0.15) is 24.8 Å². The molecule has 0 spiro atoms. The fraction of sp³-hybridized carbons (Fsp3) is 0.700. The molecule has 2 bridgehead atoms. The zero-order valence-corrected chi connectivity index (χ0v) is 10.5. The van der Waals surface area contributed by atoms with E-state index < -0.39 is 10.0 Å². The predicted molar refractivity (Wildman–Crippen MR) is 61.1 cm³/mol. The monoisotopic (exact) mass is 273 g/mol. The first-order valence-electron chi connectivity index (χ1n) is 5.91. The number of rotatable bonds is 4. The van der Waals surface area contributed by atoms with E-state index in [1.807, 2.05) is 0 Å². The van der Waals surface area contributed by atoms with Crippen molar-refractivity contribution in [3.63, 3.8) is 0 Å². The van der Waals surface area contributed by atoms with Gasteiger partial charge in [-0.15, -0.1) is 0 Å². The van der Waals surface area contributed by atoms with Crippen LogP contribution in [0.4, 0.5) is 0 Å². The summed E-state index contributed by atoms with van der Waals surface area (Å²) in [5.41, 5.74) is 0.270. The number of aromatic nitrogens is 2. The molecule has 0 aliphatic carbocycles. The first kappa shape index (κ1) is 12.1. The van der Waals surface area contributed by atoms with Gasteiger partial charge in [0.05, 0.1) is 31.1 Å². The van der Waals surface area contributed by atoms with Crippen molar-refractivity contribution >= 4 is 10.0 Å². The smallest absolute Gasteiger partial charge is 0.258 e. The first-order chi connectivity index (χ1) is 8.60. The Kier molecular flexibility index (Phi) is 2.89. The molecule has 0 amide bonds. The minimum Gasteiger partial charge on any atom is -0.392 e. The van der Waals surface area contributed by atoms with E-state index in [0.717, 1.165) is 12.8 Å². The average Bonchev–Trinajstić information content (AvgIpc) is 3.03. The van der Waals surface area contributed by atoms with Crippen molar-refractivity contribution in [1.29, 1.82) is 0 Å². The number of H-pyrrole nitrogens is 1. The van der Waals surface area contributed by atoms with Crippen LogP contribution in [0.3, 0.4) is 0 Å². The van der Waals surface area contributed by atoms with Gasteiger partial charge in [0.1, 0.15) is 0 Å². The number of aromatic amines is 1. The van der Waals surface area contributed by atoms with E-state index in [1.54, 1.807) is 0 Å². The van der Waals surface area contributed by atoms with Crippen molar-refractivity contribution in [3.05, 3.63) is 11.8 Å². The molecule has 2 aliphatic rings. The average molecular weight is 273 g/mol. The molecule has 100 valence electrons. The number of hydrogen-bond acceptors (Lipinski definition) is 5. The van der Waals surface area contributed by atoms with Gasteiger partial charge in [-0.1, -0.05) is 0 Å². The van der Waals surface area contributed by atoms with Crippen LogP contribution in [0, 0.1) is 0 Å². The number of nitrogens with zero attached hydrogens (tertiary/aromatic N) is 1. The molecule has 0 aromatic carbocycles. The van der Waals surface area contributed by atoms with Crippen molar-refractivity contribution in [2.75, 3.05) is 0 Å². The van der Waals surface area contributed by atoms with E-state index in [-0.39, 0.29) is 35.4 Å². The van der Waals surface area contributed by atoms with E-state index in [4.69, 9.17) is 9.84 Å². The Morgan fingerprint density at radius 1 is 1.56 bits per heavy atom. The Morgan fingerprint density at radius 2 is 2.39 bits per heavy atom. The molecule has 2 aliphatic heterocycles. The Bertz CT molecular complexity index is 541. The van der Waals surface area contributed by atoms with Crippen molar-refractivity contribution in [2.45, 2.75) is 49.1 Å². The van der Waals surface area contributed by atoms with Crippen LogP contribution < -0.4 is 4.72 Å². The molecule has 3 heterocycles. The van der Waals surface area contributed by atoms with Gasteiger partial charge in [-0.25, -0.2) is 13.1 Å². The van der Waals surface area contributed by atoms with Crippen molar-refractivity contribution < 1.29 is 18.3 Å². The van der Waals surface area contributed by atoms with E-state index in [1.165, 1.54) is 6.20 Å². The number of nitrogens with one attached hydrogen (secondary N) is 2. The third-order valence-corrected chi connectivity index (χ3v) is 5.03. The summed E-state index contributed by atoms with van der Waals surface area (Å²) in [6.45, 7) is -0.361. The lowest BCUT2D eigenvalue weighted by molar-refractivity contribution is 0.0996. The van der Waals surface area contributed by atoms with E-state index >= 15 is 0 Å². The van der Waals surface area contributed by atoms with Crippen LogP contribution in [-0.4, -0.2) is 42.0 Å². The second kappa shape index (κ2) is 4.30. The van der Waals surface area contributed by atoms with Gasteiger partial charge in [0, 0.05) is 5.56 Å². The first-order valence-corrected chi connectivity index (χ1v) is 7.39. The van der Waals surface area contributed by atoms with E-state index in [2.05, 4.69) is 14.9 Å². The van der Waals surface area contributed by atoms with Crippen molar-refractivity contribution in [3.8, 4) is 0 Å². The molecule has 3 atom stereocenters. The highest BCUT2D eigenvalue weighted by atomic mass is 32.2. The number of aliphatic hydroxyl groups is 1. The largest absolute Gasteiger partial charge is 0.392 e. The summed E-state index contributed by atoms with van der Waals surface area (Å²) in [6, 6.07) is -0.177. The molecular weight excluding hydrogens is 258 g/mol. The second-order valence-electron chi connectivity index (χ2n) is 4.72. The standard InChI is InChI=1S/C10H15N3O4S/c14-5-6-4-11-12-10(6)18(15,16)13-8-3-7-1-2-9(8)17-7/h4,7-9,13-14H,1-3,5H2,(H,11,12). The summed E-state index contributed by atoms with van der Waals surface area (Å²) in [5, 5.41) is 15.1. The zero-order valence-electron chi connectivity index (χ0n) is 9.67. The summed E-state index contributed by atoms with van der Waals surface area (Å²) < 4.78 is 32.5. The summed E-state index contributed by atoms with van der Waals surface area (Å²) in [4.78, 5) is 0. The molecule has 2 saturated heterocycles. The van der Waals surface area contributed by atoms with Crippen LogP contribution in [0.15, 0.2) is 11.2 Å². The second-order valence-corrected chi connectivity index (χ2v) is 6.37. The lowest BCUT2D eigenvalue weighted by Crippen LogP contribution is -2.41. The SMILES string of the molecule is O=S(=O)(NC1CC2CCC1O2)c1[nH]ncc1CO. The van der Waals surface area contributed by atoms with E-state index in [9.17, 15) is 8.42 Å². The highest BCUT2D eigenvalue weighted by molar-refractivity contribution is 7.89. The molecule has 3 unspecified atom stereocenters. The Labute approximate surface area is 105 Å². The third-order valence-electron chi connectivity index (χ3n) is 3.53. The molecular formula is C10H15N3O4S. The fourth-order valence-electron chi connectivity index (χ4n) is 2.66. The van der Waals surface area contributed by atoms with Gasteiger partial charge in [-0.2, -0.15) is 5.10 Å². The maximum Gasteiger partial charge on any atom is 0.258 e. The Balaban J connectivity index is 1.79. The number of aliphatic hydroxyl groups excluding tert-OH is 1. The Morgan fingerprint density at radius 3 is 3.00 bits per heavy atom. The molecule has 3 rings (SSSR count). The van der Waals surface area contributed by atoms with Gasteiger partial charge in [0.2, 0.25) is 0 Å². The van der Waals surface area contributed by atoms with Gasteiger partial charge in [-0.05, 0) is 19.3 Å². The summed E-state index contributed by atoms with van der Waals surface area (Å²) in [7, 11) is -3.67. The van der Waals surface area contributed by atoms with Crippen molar-refractivity contribution in [2.24, 2.45) is 0 Å². The summed E-state index contributed by atoms with van der Waals surface area (Å²) in [6.07, 6.45) is 4.09. The van der Waals surface area contributed by atoms with Gasteiger partial charge in [0.15, 0.2) is 5.03 Å². The quantitative estimate of drug-likeness (QED) is 0.686. The maximum atomic E-state index is 12.2. The fourth-order valence-corrected chi connectivity index (χ4v) is 4.06. The minimum absolute atomic E-state index is 0.0229. The molecule has 0 saturated carbocycles. The predicted octanol–water partition coefficient (Wildman–Crippen LogP) is -0.500. The zero-order chi connectivity index (χ0) is 12.8. The Hall–Kier alpha value is -0.960. The molecule has 3 N–H and O–H groups in total. The van der Waals surface area contributed by atoms with Crippen LogP contribution >= 0.6 is 0 Å². The lowest BCUT2D eigenvalue weighted by atomic mass is 9.96. The number of sulfonamides is 1. The number of fused-ring (bicyclic) bond motifs is 2. The summed E-state index contributed by atoms with van der Waals surface area (Å²) in [5.74, 6) is 0. The van der Waals surface area contributed by atoms with Gasteiger partial charge in [-0.3, -0.25) is 5.10 Å². The molecule has 8 heteroatoms. The molecule has 7 nitrogen and oxygen atoms in total.